The highest BCUT2D eigenvalue weighted by Crippen LogP contribution is 2.17. The number of hydrogen-bond donors (Lipinski definition) is 2. The summed E-state index contributed by atoms with van der Waals surface area (Å²) in [6.45, 7) is 2.57. The number of hydrogen-bond acceptors (Lipinski definition) is 7. The van der Waals surface area contributed by atoms with Crippen LogP contribution in [0.25, 0.3) is 0 Å². The lowest BCUT2D eigenvalue weighted by Gasteiger charge is -2.06. The molecule has 0 spiro atoms. The van der Waals surface area contributed by atoms with E-state index in [1.165, 1.54) is 0 Å². The van der Waals surface area contributed by atoms with Crippen molar-refractivity contribution in [3.05, 3.63) is 16.8 Å². The number of nitrogen functional groups attached to an aromatic ring is 1. The van der Waals surface area contributed by atoms with E-state index in [4.69, 9.17) is 10.5 Å². The number of nitrogens with zero attached hydrogens (tertiary/aromatic N) is 3. The molecule has 7 heteroatoms. The van der Waals surface area contributed by atoms with E-state index in [-0.39, 0.29) is 12.0 Å². The van der Waals surface area contributed by atoms with Crippen molar-refractivity contribution in [2.24, 2.45) is 0 Å². The molecule has 2 heterocycles. The molecule has 17 heavy (non-hydrogen) atoms. The Labute approximate surface area is 103 Å². The average Bonchev–Trinajstić information content (AvgIpc) is 2.78. The molecule has 2 rings (SSSR count). The number of nitrogens with one attached hydrogen (secondary N) is 1. The van der Waals surface area contributed by atoms with Crippen LogP contribution in [0.3, 0.4) is 0 Å². The average molecular weight is 251 g/mol. The summed E-state index contributed by atoms with van der Waals surface area (Å²) < 4.78 is 5.32. The summed E-state index contributed by atoms with van der Waals surface area (Å²) >= 11 is 1.58. The maximum Gasteiger partial charge on any atom is 0.323 e. The van der Waals surface area contributed by atoms with Crippen molar-refractivity contribution in [2.75, 3.05) is 17.7 Å². The van der Waals surface area contributed by atoms with Gasteiger partial charge in [-0.2, -0.15) is 26.3 Å². The molecule has 0 atom stereocenters. The Morgan fingerprint density at radius 3 is 3.00 bits per heavy atom. The third-order valence-electron chi connectivity index (χ3n) is 1.84. The molecule has 0 amide bonds. The van der Waals surface area contributed by atoms with E-state index in [1.54, 1.807) is 11.3 Å². The van der Waals surface area contributed by atoms with E-state index in [0.29, 0.717) is 12.6 Å². The van der Waals surface area contributed by atoms with Crippen LogP contribution in [0.15, 0.2) is 16.8 Å². The molecule has 3 N–H and O–H groups in total. The molecular formula is C10H13N5OS. The van der Waals surface area contributed by atoms with Gasteiger partial charge in [-0.25, -0.2) is 0 Å². The first-order valence-electron chi connectivity index (χ1n) is 5.21. The van der Waals surface area contributed by atoms with E-state index in [2.05, 4.69) is 20.3 Å². The molecule has 90 valence electrons. The van der Waals surface area contributed by atoms with E-state index < -0.39 is 0 Å². The van der Waals surface area contributed by atoms with Crippen molar-refractivity contribution in [2.45, 2.75) is 13.3 Å². The van der Waals surface area contributed by atoms with Crippen molar-refractivity contribution in [3.63, 3.8) is 0 Å². The molecule has 0 aliphatic heterocycles. The number of rotatable bonds is 5. The summed E-state index contributed by atoms with van der Waals surface area (Å²) in [5.74, 6) is 0.533. The number of nitrogens with two attached hydrogens (primary N) is 1. The summed E-state index contributed by atoms with van der Waals surface area (Å²) in [6, 6.07) is 2.18. The first-order chi connectivity index (χ1) is 8.28. The fraction of sp³-hybridized carbons (Fsp3) is 0.300. The van der Waals surface area contributed by atoms with Crippen molar-refractivity contribution in [1.29, 1.82) is 0 Å². The van der Waals surface area contributed by atoms with Gasteiger partial charge >= 0.3 is 6.01 Å². The smallest absolute Gasteiger partial charge is 0.323 e. The Kier molecular flexibility index (Phi) is 3.71. The molecule has 0 aromatic carbocycles. The minimum Gasteiger partial charge on any atom is -0.463 e. The normalized spacial score (nSPS) is 10.2. The Morgan fingerprint density at radius 2 is 2.29 bits per heavy atom. The van der Waals surface area contributed by atoms with Gasteiger partial charge in [-0.05, 0) is 17.9 Å². The molecule has 0 aliphatic carbocycles. The number of thiophene rings is 1. The standard InChI is InChI=1S/C10H13N5OS/c1-2-4-16-10-14-8(11)13-9(15-10)12-7-3-5-17-6-7/h3,5-6H,2,4H2,1H3,(H3,11,12,13,14,15). The van der Waals surface area contributed by atoms with Crippen LogP contribution in [0.5, 0.6) is 6.01 Å². The van der Waals surface area contributed by atoms with Crippen LogP contribution >= 0.6 is 11.3 Å². The second-order valence-electron chi connectivity index (χ2n) is 3.29. The number of aromatic nitrogens is 3. The second-order valence-corrected chi connectivity index (χ2v) is 4.07. The van der Waals surface area contributed by atoms with Gasteiger partial charge in [0.05, 0.1) is 12.3 Å². The van der Waals surface area contributed by atoms with Crippen molar-refractivity contribution in [1.82, 2.24) is 15.0 Å². The van der Waals surface area contributed by atoms with Crippen LogP contribution in [0.2, 0.25) is 0 Å². The van der Waals surface area contributed by atoms with Gasteiger partial charge in [0.1, 0.15) is 0 Å². The van der Waals surface area contributed by atoms with Crippen LogP contribution in [0, 0.1) is 0 Å². The topological polar surface area (TPSA) is 86.0 Å². The van der Waals surface area contributed by atoms with Gasteiger partial charge in [-0.15, -0.1) is 0 Å². The van der Waals surface area contributed by atoms with Crippen LogP contribution < -0.4 is 15.8 Å². The highest BCUT2D eigenvalue weighted by Gasteiger charge is 2.05. The Bertz CT molecular complexity index is 474. The summed E-state index contributed by atoms with van der Waals surface area (Å²) in [5, 5.41) is 6.94. The SMILES string of the molecule is CCCOc1nc(N)nc(Nc2ccsc2)n1. The quantitative estimate of drug-likeness (QED) is 0.845. The first-order valence-corrected chi connectivity index (χ1v) is 6.16. The Morgan fingerprint density at radius 1 is 1.41 bits per heavy atom. The van der Waals surface area contributed by atoms with Gasteiger partial charge in [0.2, 0.25) is 11.9 Å². The molecule has 2 aromatic rings. The maximum absolute atomic E-state index is 5.58. The predicted octanol–water partition coefficient (Wildman–Crippen LogP) is 2.05. The fourth-order valence-electron chi connectivity index (χ4n) is 1.15. The van der Waals surface area contributed by atoms with Gasteiger partial charge in [0.15, 0.2) is 0 Å². The first kappa shape index (κ1) is 11.6. The van der Waals surface area contributed by atoms with Crippen LogP contribution in [0.1, 0.15) is 13.3 Å². The maximum atomic E-state index is 5.58. The molecule has 0 saturated heterocycles. The van der Waals surface area contributed by atoms with E-state index in [0.717, 1.165) is 12.1 Å². The molecule has 0 unspecified atom stereocenters. The summed E-state index contributed by atoms with van der Waals surface area (Å²) in [6.07, 6.45) is 0.888. The minimum absolute atomic E-state index is 0.142. The lowest BCUT2D eigenvalue weighted by molar-refractivity contribution is 0.292. The minimum atomic E-state index is 0.142. The van der Waals surface area contributed by atoms with Crippen molar-refractivity contribution in [3.8, 4) is 6.01 Å². The Hall–Kier alpha value is -1.89. The molecule has 0 bridgehead atoms. The van der Waals surface area contributed by atoms with Gasteiger partial charge < -0.3 is 15.8 Å². The van der Waals surface area contributed by atoms with Crippen LogP contribution in [0.4, 0.5) is 17.6 Å². The third kappa shape index (κ3) is 3.28. The molecule has 0 aliphatic rings. The third-order valence-corrected chi connectivity index (χ3v) is 2.53. The zero-order chi connectivity index (χ0) is 12.1. The van der Waals surface area contributed by atoms with Crippen molar-refractivity contribution < 1.29 is 4.74 Å². The number of anilines is 3. The molecule has 6 nitrogen and oxygen atoms in total. The summed E-state index contributed by atoms with van der Waals surface area (Å²) in [5.41, 5.74) is 6.50. The molecule has 0 radical (unpaired) electrons. The fourth-order valence-corrected chi connectivity index (χ4v) is 1.74. The highest BCUT2D eigenvalue weighted by molar-refractivity contribution is 7.08. The van der Waals surface area contributed by atoms with Gasteiger partial charge in [-0.3, -0.25) is 0 Å². The van der Waals surface area contributed by atoms with Gasteiger partial charge in [-0.1, -0.05) is 6.92 Å². The van der Waals surface area contributed by atoms with E-state index in [1.807, 2.05) is 23.8 Å². The van der Waals surface area contributed by atoms with Crippen LogP contribution in [-0.4, -0.2) is 21.6 Å². The largest absolute Gasteiger partial charge is 0.463 e. The van der Waals surface area contributed by atoms with Gasteiger partial charge in [0, 0.05) is 5.38 Å². The summed E-state index contributed by atoms with van der Waals surface area (Å²) in [7, 11) is 0. The lowest BCUT2D eigenvalue weighted by atomic mass is 10.5. The predicted molar refractivity (Wildman–Crippen MR) is 67.6 cm³/mol. The Balaban J connectivity index is 2.13. The van der Waals surface area contributed by atoms with Crippen LogP contribution in [-0.2, 0) is 0 Å². The van der Waals surface area contributed by atoms with Gasteiger partial charge in [0.25, 0.3) is 0 Å². The number of ether oxygens (including phenoxy) is 1. The van der Waals surface area contributed by atoms with E-state index >= 15 is 0 Å². The second kappa shape index (κ2) is 5.44. The highest BCUT2D eigenvalue weighted by atomic mass is 32.1. The molecular weight excluding hydrogens is 238 g/mol. The molecule has 0 saturated carbocycles. The lowest BCUT2D eigenvalue weighted by Crippen LogP contribution is -2.07. The zero-order valence-electron chi connectivity index (χ0n) is 9.38. The summed E-state index contributed by atoms with van der Waals surface area (Å²) in [4.78, 5) is 12.0. The molecule has 2 aromatic heterocycles. The monoisotopic (exact) mass is 251 g/mol. The molecule has 0 fully saturated rings. The van der Waals surface area contributed by atoms with Crippen molar-refractivity contribution >= 4 is 28.9 Å². The van der Waals surface area contributed by atoms with E-state index in [9.17, 15) is 0 Å². The zero-order valence-corrected chi connectivity index (χ0v) is 10.2.